The summed E-state index contributed by atoms with van der Waals surface area (Å²) in [4.78, 5) is 18.9. The van der Waals surface area contributed by atoms with Gasteiger partial charge < -0.3 is 19.7 Å². The molecule has 8 heteroatoms. The minimum Gasteiger partial charge on any atom is -0.496 e. The van der Waals surface area contributed by atoms with Crippen LogP contribution in [0.2, 0.25) is 0 Å². The molecule has 0 aliphatic carbocycles. The molecule has 3 aromatic rings. The van der Waals surface area contributed by atoms with Crippen LogP contribution in [0.15, 0.2) is 36.4 Å². The van der Waals surface area contributed by atoms with Crippen molar-refractivity contribution in [1.82, 2.24) is 20.1 Å². The van der Waals surface area contributed by atoms with E-state index in [4.69, 9.17) is 14.5 Å². The van der Waals surface area contributed by atoms with Gasteiger partial charge in [-0.15, -0.1) is 0 Å². The Kier molecular flexibility index (Phi) is 6.13. The molecule has 1 saturated heterocycles. The predicted octanol–water partition coefficient (Wildman–Crippen LogP) is 2.93. The molecule has 0 spiro atoms. The number of amides is 1. The van der Waals surface area contributed by atoms with Crippen LogP contribution in [0.4, 0.5) is 5.82 Å². The number of nitrogens with one attached hydrogen (secondary N) is 2. The minimum atomic E-state index is 0.143. The van der Waals surface area contributed by atoms with Crippen LogP contribution >= 0.6 is 0 Å². The van der Waals surface area contributed by atoms with Crippen LogP contribution in [0, 0.1) is 0 Å². The van der Waals surface area contributed by atoms with E-state index in [1.165, 1.54) is 0 Å². The minimum absolute atomic E-state index is 0.143. The van der Waals surface area contributed by atoms with Gasteiger partial charge in [0, 0.05) is 43.9 Å². The van der Waals surface area contributed by atoms with Crippen LogP contribution in [-0.4, -0.2) is 59.9 Å². The van der Waals surface area contributed by atoms with Crippen LogP contribution in [0.5, 0.6) is 5.75 Å². The predicted molar refractivity (Wildman–Crippen MR) is 115 cm³/mol. The van der Waals surface area contributed by atoms with E-state index >= 15 is 0 Å². The van der Waals surface area contributed by atoms with E-state index in [9.17, 15) is 4.79 Å². The Bertz CT molecular complexity index is 1020. The van der Waals surface area contributed by atoms with Crippen LogP contribution in [0.25, 0.3) is 11.0 Å². The molecule has 0 saturated carbocycles. The fraction of sp³-hybridized carbons (Fsp3) is 0.409. The van der Waals surface area contributed by atoms with Gasteiger partial charge in [0.15, 0.2) is 11.5 Å². The van der Waals surface area contributed by atoms with Gasteiger partial charge in [-0.05, 0) is 24.6 Å². The zero-order valence-electron chi connectivity index (χ0n) is 17.4. The van der Waals surface area contributed by atoms with Crippen molar-refractivity contribution < 1.29 is 14.3 Å². The normalized spacial score (nSPS) is 16.2. The summed E-state index contributed by atoms with van der Waals surface area (Å²) >= 11 is 0. The van der Waals surface area contributed by atoms with Gasteiger partial charge in [0.1, 0.15) is 5.75 Å². The third kappa shape index (κ3) is 4.23. The first kappa shape index (κ1) is 20.2. The summed E-state index contributed by atoms with van der Waals surface area (Å²) in [7, 11) is 3.28. The molecule has 3 heterocycles. The van der Waals surface area contributed by atoms with Crippen molar-refractivity contribution in [3.8, 4) is 5.75 Å². The molecule has 30 heavy (non-hydrogen) atoms. The maximum Gasteiger partial charge on any atom is 0.224 e. The monoisotopic (exact) mass is 409 g/mol. The van der Waals surface area contributed by atoms with Crippen molar-refractivity contribution >= 4 is 22.8 Å². The fourth-order valence-electron chi connectivity index (χ4n) is 3.89. The van der Waals surface area contributed by atoms with Gasteiger partial charge in [-0.2, -0.15) is 5.10 Å². The molecule has 0 bridgehead atoms. The number of rotatable bonds is 8. The molecule has 1 atom stereocenters. The Morgan fingerprint density at radius 1 is 1.27 bits per heavy atom. The second-order valence-corrected chi connectivity index (χ2v) is 7.44. The average molecular weight is 409 g/mol. The van der Waals surface area contributed by atoms with Crippen molar-refractivity contribution in [2.45, 2.75) is 25.3 Å². The van der Waals surface area contributed by atoms with Crippen LogP contribution < -0.4 is 10.1 Å². The lowest BCUT2D eigenvalue weighted by atomic mass is 10.0. The number of hydrogen-bond acceptors (Lipinski definition) is 6. The van der Waals surface area contributed by atoms with E-state index in [1.54, 1.807) is 14.2 Å². The third-order valence-electron chi connectivity index (χ3n) is 5.56. The summed E-state index contributed by atoms with van der Waals surface area (Å²) < 4.78 is 10.4. The summed E-state index contributed by atoms with van der Waals surface area (Å²) in [6.07, 6.45) is 1.35. The smallest absolute Gasteiger partial charge is 0.224 e. The number of para-hydroxylation sites is 1. The Hall–Kier alpha value is -3.13. The lowest BCUT2D eigenvalue weighted by molar-refractivity contribution is -0.131. The van der Waals surface area contributed by atoms with Crippen molar-refractivity contribution in [1.29, 1.82) is 0 Å². The zero-order chi connectivity index (χ0) is 20.9. The Morgan fingerprint density at radius 2 is 2.13 bits per heavy atom. The number of anilines is 1. The number of aromatic amines is 1. The average Bonchev–Trinajstić information content (AvgIpc) is 3.43. The summed E-state index contributed by atoms with van der Waals surface area (Å²) in [5, 5.41) is 11.7. The number of H-pyrrole nitrogens is 1. The zero-order valence-corrected chi connectivity index (χ0v) is 17.4. The summed E-state index contributed by atoms with van der Waals surface area (Å²) in [6.45, 7) is 2.53. The summed E-state index contributed by atoms with van der Waals surface area (Å²) in [5.74, 6) is 1.99. The van der Waals surface area contributed by atoms with Crippen molar-refractivity contribution in [2.75, 3.05) is 39.2 Å². The van der Waals surface area contributed by atoms with Gasteiger partial charge >= 0.3 is 0 Å². The second-order valence-electron chi connectivity index (χ2n) is 7.44. The molecule has 0 unspecified atom stereocenters. The highest BCUT2D eigenvalue weighted by molar-refractivity contribution is 5.87. The van der Waals surface area contributed by atoms with E-state index in [1.807, 2.05) is 41.3 Å². The Balaban J connectivity index is 1.43. The molecule has 1 aliphatic heterocycles. The third-order valence-corrected chi connectivity index (χ3v) is 5.56. The molecule has 2 aromatic heterocycles. The van der Waals surface area contributed by atoms with Gasteiger partial charge in [0.25, 0.3) is 0 Å². The molecule has 1 amide bonds. The maximum atomic E-state index is 12.2. The summed E-state index contributed by atoms with van der Waals surface area (Å²) in [5.41, 5.74) is 2.80. The number of carbonyl (C=O) groups excluding carboxylic acids is 1. The molecular formula is C22H27N5O3. The summed E-state index contributed by atoms with van der Waals surface area (Å²) in [6, 6.07) is 12.0. The number of pyridine rings is 1. The molecule has 1 aromatic carbocycles. The number of methoxy groups -OCH3 is 2. The van der Waals surface area contributed by atoms with Crippen LogP contribution in [0.3, 0.4) is 0 Å². The van der Waals surface area contributed by atoms with E-state index < -0.39 is 0 Å². The van der Waals surface area contributed by atoms with Gasteiger partial charge in [0.05, 0.1) is 25.5 Å². The van der Waals surface area contributed by atoms with Crippen molar-refractivity contribution in [2.24, 2.45) is 0 Å². The van der Waals surface area contributed by atoms with Crippen LogP contribution in [-0.2, 0) is 16.1 Å². The molecule has 2 N–H and O–H groups in total. The van der Waals surface area contributed by atoms with E-state index in [0.717, 1.165) is 46.8 Å². The van der Waals surface area contributed by atoms with Gasteiger partial charge in [-0.1, -0.05) is 18.2 Å². The molecule has 4 rings (SSSR count). The molecule has 158 valence electrons. The van der Waals surface area contributed by atoms with Crippen LogP contribution in [0.1, 0.15) is 30.0 Å². The fourth-order valence-corrected chi connectivity index (χ4v) is 3.89. The number of benzene rings is 1. The highest BCUT2D eigenvalue weighted by atomic mass is 16.5. The van der Waals surface area contributed by atoms with E-state index in [0.29, 0.717) is 26.1 Å². The number of fused-ring (bicyclic) bond motifs is 1. The lowest BCUT2D eigenvalue weighted by Crippen LogP contribution is -2.29. The first-order chi connectivity index (χ1) is 14.7. The second kappa shape index (κ2) is 9.13. The highest BCUT2D eigenvalue weighted by Crippen LogP contribution is 2.29. The molecule has 8 nitrogen and oxygen atoms in total. The number of nitrogens with zero attached hydrogens (tertiary/aromatic N) is 3. The lowest BCUT2D eigenvalue weighted by Gasteiger charge is -2.16. The number of carbonyl (C=O) groups is 1. The number of likely N-dealkylation sites (tertiary alicyclic amines) is 1. The van der Waals surface area contributed by atoms with Gasteiger partial charge in [0.2, 0.25) is 5.91 Å². The quantitative estimate of drug-likeness (QED) is 0.594. The Morgan fingerprint density at radius 3 is 2.97 bits per heavy atom. The van der Waals surface area contributed by atoms with E-state index in [-0.39, 0.29) is 11.8 Å². The number of ether oxygens (including phenoxy) is 2. The first-order valence-corrected chi connectivity index (χ1v) is 10.2. The highest BCUT2D eigenvalue weighted by Gasteiger charge is 2.28. The molecular weight excluding hydrogens is 382 g/mol. The number of hydrogen-bond donors (Lipinski definition) is 2. The van der Waals surface area contributed by atoms with Crippen molar-refractivity contribution in [3.05, 3.63) is 47.7 Å². The molecule has 1 fully saturated rings. The topological polar surface area (TPSA) is 92.4 Å². The van der Waals surface area contributed by atoms with Gasteiger partial charge in [-0.3, -0.25) is 9.89 Å². The van der Waals surface area contributed by atoms with E-state index in [2.05, 4.69) is 15.5 Å². The molecule has 1 aliphatic rings. The van der Waals surface area contributed by atoms with Gasteiger partial charge in [-0.25, -0.2) is 4.98 Å². The SMILES string of the molecule is COCCC(=O)N1CC[C@@H](c2ccc3c(NCc4ccccc4OC)n[nH]c3n2)C1. The Labute approximate surface area is 175 Å². The maximum absolute atomic E-state index is 12.2. The molecule has 0 radical (unpaired) electrons. The largest absolute Gasteiger partial charge is 0.496 e. The first-order valence-electron chi connectivity index (χ1n) is 10.2. The van der Waals surface area contributed by atoms with Crippen molar-refractivity contribution in [3.63, 3.8) is 0 Å². The standard InChI is InChI=1S/C22H27N5O3/c1-29-12-10-20(28)27-11-9-16(14-27)18-8-7-17-21(25-26-22(17)24-18)23-13-15-5-3-4-6-19(15)30-2/h3-8,16H,9-14H2,1-2H3,(H2,23,24,25,26)/t16-/m1/s1. The number of aromatic nitrogens is 3.